The molecule has 0 fully saturated rings. The van der Waals surface area contributed by atoms with Gasteiger partial charge in [0.25, 0.3) is 5.56 Å². The number of aryl methyl sites for hydroxylation is 1. The van der Waals surface area contributed by atoms with Crippen molar-refractivity contribution in [1.82, 2.24) is 9.78 Å². The quantitative estimate of drug-likeness (QED) is 0.812. The van der Waals surface area contributed by atoms with Crippen LogP contribution >= 0.6 is 0 Å². The Morgan fingerprint density at radius 1 is 1.13 bits per heavy atom. The van der Waals surface area contributed by atoms with Gasteiger partial charge in [-0.1, -0.05) is 27.7 Å². The number of H-pyrrole nitrogens is 1. The molecule has 0 amide bonds. The van der Waals surface area contributed by atoms with Crippen molar-refractivity contribution in [3.8, 4) is 0 Å². The Labute approximate surface area is 91.5 Å². The fraction of sp³-hybridized carbons (Fsp3) is 0.750. The topological polar surface area (TPSA) is 37.8 Å². The normalized spacial score (nSPS) is 11.7. The van der Waals surface area contributed by atoms with Gasteiger partial charge in [0.1, 0.15) is 0 Å². The molecule has 3 nitrogen and oxygen atoms in total. The number of hydrogen-bond acceptors (Lipinski definition) is 1. The first-order valence-electron chi connectivity index (χ1n) is 5.68. The fourth-order valence-corrected chi connectivity index (χ4v) is 1.85. The largest absolute Gasteiger partial charge is 0.300 e. The van der Waals surface area contributed by atoms with Crippen LogP contribution in [0.4, 0.5) is 0 Å². The monoisotopic (exact) mass is 210 g/mol. The summed E-state index contributed by atoms with van der Waals surface area (Å²) in [5.74, 6) is 1.10. The lowest BCUT2D eigenvalue weighted by Crippen LogP contribution is -2.16. The van der Waals surface area contributed by atoms with Crippen molar-refractivity contribution < 1.29 is 0 Å². The van der Waals surface area contributed by atoms with Gasteiger partial charge < -0.3 is 0 Å². The van der Waals surface area contributed by atoms with Gasteiger partial charge in [-0.25, -0.2) is 0 Å². The molecule has 0 saturated carbocycles. The maximum absolute atomic E-state index is 11.8. The Morgan fingerprint density at radius 2 is 1.67 bits per heavy atom. The van der Waals surface area contributed by atoms with E-state index in [9.17, 15) is 4.79 Å². The minimum Gasteiger partial charge on any atom is -0.300 e. The molecule has 0 saturated heterocycles. The lowest BCUT2D eigenvalue weighted by atomic mass is 9.99. The summed E-state index contributed by atoms with van der Waals surface area (Å²) in [5, 5.41) is 3.15. The molecular formula is C12H22N2O. The van der Waals surface area contributed by atoms with Crippen LogP contribution in [0, 0.1) is 11.8 Å². The second kappa shape index (κ2) is 4.69. The summed E-state index contributed by atoms with van der Waals surface area (Å²) >= 11 is 0. The number of aromatic nitrogens is 2. The van der Waals surface area contributed by atoms with E-state index in [2.05, 4.69) is 32.8 Å². The molecule has 0 radical (unpaired) electrons. The third kappa shape index (κ3) is 2.98. The highest BCUT2D eigenvalue weighted by molar-refractivity contribution is 5.18. The van der Waals surface area contributed by atoms with Crippen molar-refractivity contribution in [2.75, 3.05) is 0 Å². The molecule has 0 aromatic carbocycles. The number of nitrogens with one attached hydrogen (secondary N) is 1. The van der Waals surface area contributed by atoms with E-state index >= 15 is 0 Å². The number of nitrogens with zero attached hydrogens (tertiary/aromatic N) is 1. The maximum atomic E-state index is 11.8. The third-order valence-electron chi connectivity index (χ3n) is 2.45. The standard InChI is InChI=1S/C12H22N2O/c1-8(2)6-10-11(7-9(3)4)13-14(5)12(10)15/h8-9,13H,6-7H2,1-5H3. The summed E-state index contributed by atoms with van der Waals surface area (Å²) in [6.07, 6.45) is 1.83. The second-order valence-corrected chi connectivity index (χ2v) is 5.13. The highest BCUT2D eigenvalue weighted by Gasteiger charge is 2.14. The minimum atomic E-state index is 0.138. The zero-order chi connectivity index (χ0) is 11.6. The number of rotatable bonds is 4. The van der Waals surface area contributed by atoms with Gasteiger partial charge in [0.2, 0.25) is 0 Å². The van der Waals surface area contributed by atoms with Gasteiger partial charge in [0, 0.05) is 18.3 Å². The van der Waals surface area contributed by atoms with E-state index in [1.165, 1.54) is 0 Å². The molecule has 0 aliphatic heterocycles. The summed E-state index contributed by atoms with van der Waals surface area (Å²) in [6.45, 7) is 8.63. The van der Waals surface area contributed by atoms with E-state index in [0.717, 1.165) is 24.1 Å². The molecule has 0 aliphatic rings. The Hall–Kier alpha value is -0.990. The van der Waals surface area contributed by atoms with Crippen LogP contribution in [0.3, 0.4) is 0 Å². The molecule has 0 spiro atoms. The Kier molecular flexibility index (Phi) is 3.77. The Bertz CT molecular complexity index is 371. The van der Waals surface area contributed by atoms with E-state index in [4.69, 9.17) is 0 Å². The average molecular weight is 210 g/mol. The highest BCUT2D eigenvalue weighted by atomic mass is 16.1. The molecule has 3 heteroatoms. The molecule has 1 heterocycles. The molecule has 1 aromatic rings. The summed E-state index contributed by atoms with van der Waals surface area (Å²) in [7, 11) is 1.79. The van der Waals surface area contributed by atoms with Gasteiger partial charge in [0.15, 0.2) is 0 Å². The van der Waals surface area contributed by atoms with Crippen molar-refractivity contribution in [3.63, 3.8) is 0 Å². The predicted octanol–water partition coefficient (Wildman–Crippen LogP) is 2.11. The molecule has 1 rings (SSSR count). The van der Waals surface area contributed by atoms with E-state index < -0.39 is 0 Å². The molecule has 0 bridgehead atoms. The van der Waals surface area contributed by atoms with E-state index in [-0.39, 0.29) is 5.56 Å². The summed E-state index contributed by atoms with van der Waals surface area (Å²) < 4.78 is 1.59. The van der Waals surface area contributed by atoms with Crippen molar-refractivity contribution in [2.45, 2.75) is 40.5 Å². The SMILES string of the molecule is CC(C)Cc1[nH]n(C)c(=O)c1CC(C)C. The molecule has 1 N–H and O–H groups in total. The van der Waals surface area contributed by atoms with Gasteiger partial charge in [0.05, 0.1) is 0 Å². The molecule has 0 aliphatic carbocycles. The van der Waals surface area contributed by atoms with Crippen molar-refractivity contribution >= 4 is 0 Å². The van der Waals surface area contributed by atoms with Crippen molar-refractivity contribution in [3.05, 3.63) is 21.6 Å². The number of aromatic amines is 1. The van der Waals surface area contributed by atoms with Crippen LogP contribution in [0.25, 0.3) is 0 Å². The smallest absolute Gasteiger partial charge is 0.269 e. The Morgan fingerprint density at radius 3 is 2.13 bits per heavy atom. The summed E-state index contributed by atoms with van der Waals surface area (Å²) in [6, 6.07) is 0. The molecule has 0 atom stereocenters. The lowest BCUT2D eigenvalue weighted by Gasteiger charge is -2.06. The van der Waals surface area contributed by atoms with Crippen LogP contribution in [-0.4, -0.2) is 9.78 Å². The van der Waals surface area contributed by atoms with Crippen LogP contribution in [-0.2, 0) is 19.9 Å². The molecule has 0 unspecified atom stereocenters. The zero-order valence-electron chi connectivity index (χ0n) is 10.4. The molecule has 1 aromatic heterocycles. The van der Waals surface area contributed by atoms with Crippen LogP contribution < -0.4 is 5.56 Å². The number of hydrogen-bond donors (Lipinski definition) is 1. The fourth-order valence-electron chi connectivity index (χ4n) is 1.85. The van der Waals surface area contributed by atoms with Crippen molar-refractivity contribution in [1.29, 1.82) is 0 Å². The Balaban J connectivity index is 3.04. The van der Waals surface area contributed by atoms with Gasteiger partial charge in [-0.05, 0) is 24.7 Å². The van der Waals surface area contributed by atoms with Crippen LogP contribution in [0.2, 0.25) is 0 Å². The van der Waals surface area contributed by atoms with Crippen LogP contribution in [0.1, 0.15) is 39.0 Å². The van der Waals surface area contributed by atoms with Crippen LogP contribution in [0.15, 0.2) is 4.79 Å². The average Bonchev–Trinajstić information content (AvgIpc) is 2.31. The van der Waals surface area contributed by atoms with E-state index in [1.54, 1.807) is 11.7 Å². The van der Waals surface area contributed by atoms with Gasteiger partial charge in [-0.15, -0.1) is 0 Å². The van der Waals surface area contributed by atoms with E-state index in [1.807, 2.05) is 0 Å². The minimum absolute atomic E-state index is 0.138. The predicted molar refractivity (Wildman–Crippen MR) is 63.1 cm³/mol. The van der Waals surface area contributed by atoms with Crippen molar-refractivity contribution in [2.24, 2.45) is 18.9 Å². The first-order valence-corrected chi connectivity index (χ1v) is 5.68. The second-order valence-electron chi connectivity index (χ2n) is 5.13. The summed E-state index contributed by atoms with van der Waals surface area (Å²) in [5.41, 5.74) is 2.23. The molecule has 86 valence electrons. The first kappa shape index (κ1) is 12.1. The van der Waals surface area contributed by atoms with Gasteiger partial charge >= 0.3 is 0 Å². The third-order valence-corrected chi connectivity index (χ3v) is 2.45. The molecular weight excluding hydrogens is 188 g/mol. The highest BCUT2D eigenvalue weighted by Crippen LogP contribution is 2.12. The maximum Gasteiger partial charge on any atom is 0.269 e. The first-order chi connectivity index (χ1) is 6.91. The van der Waals surface area contributed by atoms with E-state index in [0.29, 0.717) is 11.8 Å². The van der Waals surface area contributed by atoms with Crippen LogP contribution in [0.5, 0.6) is 0 Å². The zero-order valence-corrected chi connectivity index (χ0v) is 10.4. The van der Waals surface area contributed by atoms with Gasteiger partial charge in [-0.2, -0.15) is 0 Å². The molecule has 15 heavy (non-hydrogen) atoms. The lowest BCUT2D eigenvalue weighted by molar-refractivity contribution is 0.604. The summed E-state index contributed by atoms with van der Waals surface area (Å²) in [4.78, 5) is 11.8. The van der Waals surface area contributed by atoms with Gasteiger partial charge in [-0.3, -0.25) is 14.6 Å².